The van der Waals surface area contributed by atoms with Crippen molar-refractivity contribution in [3.05, 3.63) is 18.3 Å². The Morgan fingerprint density at radius 1 is 1.39 bits per heavy atom. The molecule has 2 saturated heterocycles. The zero-order chi connectivity index (χ0) is 16.1. The number of hydrogen-bond donors (Lipinski definition) is 0. The molecule has 0 unspecified atom stereocenters. The van der Waals surface area contributed by atoms with Gasteiger partial charge in [-0.1, -0.05) is 0 Å². The van der Waals surface area contributed by atoms with Crippen molar-refractivity contribution in [1.82, 2.24) is 15.1 Å². The number of nitrogens with zero attached hydrogens (tertiary/aromatic N) is 4. The highest BCUT2D eigenvalue weighted by Gasteiger charge is 2.26. The predicted octanol–water partition coefficient (Wildman–Crippen LogP) is 1.86. The minimum absolute atomic E-state index is 0.279. The molecular weight excluding hydrogens is 292 g/mol. The van der Waals surface area contributed by atoms with Crippen LogP contribution in [0.2, 0.25) is 0 Å². The van der Waals surface area contributed by atoms with Crippen LogP contribution in [0.5, 0.6) is 0 Å². The molecule has 0 spiro atoms. The number of aromatic nitrogens is 2. The zero-order valence-corrected chi connectivity index (χ0v) is 13.9. The van der Waals surface area contributed by atoms with E-state index in [0.717, 1.165) is 57.6 Å². The fraction of sp³-hybridized carbons (Fsp3) is 0.706. The van der Waals surface area contributed by atoms with Gasteiger partial charge < -0.3 is 14.5 Å². The van der Waals surface area contributed by atoms with Crippen molar-refractivity contribution in [1.29, 1.82) is 0 Å². The van der Waals surface area contributed by atoms with Gasteiger partial charge in [-0.25, -0.2) is 0 Å². The van der Waals surface area contributed by atoms with E-state index in [1.54, 1.807) is 6.20 Å². The molecule has 1 atom stereocenters. The molecule has 2 fully saturated rings. The van der Waals surface area contributed by atoms with Gasteiger partial charge in [-0.3, -0.25) is 4.79 Å². The van der Waals surface area contributed by atoms with Gasteiger partial charge in [0.05, 0.1) is 6.10 Å². The molecule has 1 amide bonds. The molecule has 0 aliphatic carbocycles. The molecule has 2 aliphatic rings. The van der Waals surface area contributed by atoms with Crippen LogP contribution in [0.25, 0.3) is 0 Å². The lowest BCUT2D eigenvalue weighted by Crippen LogP contribution is -2.46. The molecule has 0 radical (unpaired) electrons. The highest BCUT2D eigenvalue weighted by molar-refractivity contribution is 5.76. The van der Waals surface area contributed by atoms with Gasteiger partial charge in [0, 0.05) is 45.4 Å². The zero-order valence-electron chi connectivity index (χ0n) is 13.9. The second-order valence-electron chi connectivity index (χ2n) is 6.48. The summed E-state index contributed by atoms with van der Waals surface area (Å²) < 4.78 is 5.60. The van der Waals surface area contributed by atoms with Gasteiger partial charge in [0.1, 0.15) is 0 Å². The van der Waals surface area contributed by atoms with Crippen LogP contribution in [0.1, 0.15) is 38.5 Å². The van der Waals surface area contributed by atoms with E-state index in [1.165, 1.54) is 0 Å². The topological polar surface area (TPSA) is 58.6 Å². The summed E-state index contributed by atoms with van der Waals surface area (Å²) in [5.41, 5.74) is 0. The average Bonchev–Trinajstić information content (AvgIpc) is 3.13. The minimum atomic E-state index is 0.279. The summed E-state index contributed by atoms with van der Waals surface area (Å²) in [5, 5.41) is 8.10. The van der Waals surface area contributed by atoms with Gasteiger partial charge in [-0.05, 0) is 44.2 Å². The molecule has 0 aromatic carbocycles. The van der Waals surface area contributed by atoms with Gasteiger partial charge in [-0.2, -0.15) is 5.10 Å². The van der Waals surface area contributed by atoms with Crippen LogP contribution < -0.4 is 4.90 Å². The van der Waals surface area contributed by atoms with E-state index in [-0.39, 0.29) is 5.91 Å². The largest absolute Gasteiger partial charge is 0.378 e. The van der Waals surface area contributed by atoms with Crippen molar-refractivity contribution in [3.8, 4) is 0 Å². The predicted molar refractivity (Wildman–Crippen MR) is 88.2 cm³/mol. The molecule has 0 N–H and O–H groups in total. The SMILES string of the molecule is CN(c1cccnn1)C1CCN(C(=O)CC[C@H]2CCCO2)CC1. The second-order valence-corrected chi connectivity index (χ2v) is 6.48. The van der Waals surface area contributed by atoms with E-state index in [9.17, 15) is 4.79 Å². The maximum atomic E-state index is 12.3. The van der Waals surface area contributed by atoms with E-state index in [4.69, 9.17) is 4.74 Å². The quantitative estimate of drug-likeness (QED) is 0.829. The molecule has 3 heterocycles. The Bertz CT molecular complexity index is 497. The Balaban J connectivity index is 1.43. The third-order valence-electron chi connectivity index (χ3n) is 4.99. The molecule has 126 valence electrons. The summed E-state index contributed by atoms with van der Waals surface area (Å²) >= 11 is 0. The van der Waals surface area contributed by atoms with Crippen LogP contribution in [0.3, 0.4) is 0 Å². The molecule has 6 heteroatoms. The second kappa shape index (κ2) is 7.73. The molecule has 3 rings (SSSR count). The van der Waals surface area contributed by atoms with E-state index >= 15 is 0 Å². The minimum Gasteiger partial charge on any atom is -0.378 e. The number of amides is 1. The highest BCUT2D eigenvalue weighted by Crippen LogP contribution is 2.22. The van der Waals surface area contributed by atoms with Gasteiger partial charge in [0.25, 0.3) is 0 Å². The normalized spacial score (nSPS) is 22.3. The fourth-order valence-electron chi connectivity index (χ4n) is 3.49. The Morgan fingerprint density at radius 3 is 2.87 bits per heavy atom. The Kier molecular flexibility index (Phi) is 5.43. The number of rotatable bonds is 5. The molecule has 0 saturated carbocycles. The Hall–Kier alpha value is -1.69. The third kappa shape index (κ3) is 4.19. The summed E-state index contributed by atoms with van der Waals surface area (Å²) in [4.78, 5) is 16.5. The summed E-state index contributed by atoms with van der Waals surface area (Å²) in [6, 6.07) is 4.31. The standard InChI is InChI=1S/C17H26N4O2/c1-20(16-5-2-10-18-19-16)14-8-11-21(12-9-14)17(22)7-6-15-4-3-13-23-15/h2,5,10,14-15H,3-4,6-9,11-13H2,1H3/t15-/m1/s1. The van der Waals surface area contributed by atoms with Crippen molar-refractivity contribution < 1.29 is 9.53 Å². The first-order chi connectivity index (χ1) is 11.2. The number of likely N-dealkylation sites (tertiary alicyclic amines) is 1. The van der Waals surface area contributed by atoms with E-state index in [1.807, 2.05) is 17.0 Å². The number of carbonyl (C=O) groups is 1. The summed E-state index contributed by atoms with van der Waals surface area (Å²) in [5.74, 6) is 1.18. The Morgan fingerprint density at radius 2 is 2.22 bits per heavy atom. The average molecular weight is 318 g/mol. The molecule has 0 bridgehead atoms. The van der Waals surface area contributed by atoms with Crippen LogP contribution in [0.15, 0.2) is 18.3 Å². The number of piperidine rings is 1. The third-order valence-corrected chi connectivity index (χ3v) is 4.99. The first kappa shape index (κ1) is 16.2. The molecule has 1 aromatic heterocycles. The lowest BCUT2D eigenvalue weighted by atomic mass is 10.0. The number of hydrogen-bond acceptors (Lipinski definition) is 5. The van der Waals surface area contributed by atoms with E-state index in [2.05, 4.69) is 22.1 Å². The number of anilines is 1. The van der Waals surface area contributed by atoms with E-state index in [0.29, 0.717) is 18.6 Å². The molecule has 1 aromatic rings. The lowest BCUT2D eigenvalue weighted by molar-refractivity contribution is -0.132. The van der Waals surface area contributed by atoms with Crippen LogP contribution in [0.4, 0.5) is 5.82 Å². The maximum absolute atomic E-state index is 12.3. The van der Waals surface area contributed by atoms with E-state index < -0.39 is 0 Å². The molecule has 23 heavy (non-hydrogen) atoms. The number of carbonyl (C=O) groups excluding carboxylic acids is 1. The van der Waals surface area contributed by atoms with Crippen LogP contribution in [-0.4, -0.2) is 59.9 Å². The van der Waals surface area contributed by atoms with Crippen molar-refractivity contribution in [2.75, 3.05) is 31.6 Å². The van der Waals surface area contributed by atoms with Crippen molar-refractivity contribution in [3.63, 3.8) is 0 Å². The summed E-state index contributed by atoms with van der Waals surface area (Å²) in [7, 11) is 2.06. The molecule has 2 aliphatic heterocycles. The van der Waals surface area contributed by atoms with Crippen LogP contribution >= 0.6 is 0 Å². The van der Waals surface area contributed by atoms with Crippen molar-refractivity contribution >= 4 is 11.7 Å². The van der Waals surface area contributed by atoms with Crippen molar-refractivity contribution in [2.24, 2.45) is 0 Å². The number of ether oxygens (including phenoxy) is 1. The van der Waals surface area contributed by atoms with Gasteiger partial charge in [0.15, 0.2) is 5.82 Å². The van der Waals surface area contributed by atoms with Crippen LogP contribution in [-0.2, 0) is 9.53 Å². The smallest absolute Gasteiger partial charge is 0.222 e. The van der Waals surface area contributed by atoms with Crippen LogP contribution in [0, 0.1) is 0 Å². The van der Waals surface area contributed by atoms with Gasteiger partial charge in [0.2, 0.25) is 5.91 Å². The monoisotopic (exact) mass is 318 g/mol. The lowest BCUT2D eigenvalue weighted by Gasteiger charge is -2.37. The van der Waals surface area contributed by atoms with Gasteiger partial charge >= 0.3 is 0 Å². The molecular formula is C17H26N4O2. The van der Waals surface area contributed by atoms with Crippen molar-refractivity contribution in [2.45, 2.75) is 50.7 Å². The summed E-state index contributed by atoms with van der Waals surface area (Å²) in [6.07, 6.45) is 7.70. The fourth-order valence-corrected chi connectivity index (χ4v) is 3.49. The summed E-state index contributed by atoms with van der Waals surface area (Å²) in [6.45, 7) is 2.53. The van der Waals surface area contributed by atoms with Gasteiger partial charge in [-0.15, -0.1) is 5.10 Å². The highest BCUT2D eigenvalue weighted by atomic mass is 16.5. The first-order valence-corrected chi connectivity index (χ1v) is 8.64. The first-order valence-electron chi connectivity index (χ1n) is 8.64. The molecule has 6 nitrogen and oxygen atoms in total. The Labute approximate surface area is 137 Å². The maximum Gasteiger partial charge on any atom is 0.222 e.